The predicted molar refractivity (Wildman–Crippen MR) is 118 cm³/mol. The second-order valence-electron chi connectivity index (χ2n) is 7.06. The lowest BCUT2D eigenvalue weighted by Gasteiger charge is -2.12. The van der Waals surface area contributed by atoms with Crippen molar-refractivity contribution in [1.29, 1.82) is 0 Å². The second-order valence-corrected chi connectivity index (χ2v) is 7.06. The molecule has 8 nitrogen and oxygen atoms in total. The third-order valence-electron chi connectivity index (χ3n) is 4.27. The molecule has 0 saturated carbocycles. The van der Waals surface area contributed by atoms with Gasteiger partial charge in [0.15, 0.2) is 0 Å². The summed E-state index contributed by atoms with van der Waals surface area (Å²) in [4.78, 5) is 36.9. The Kier molecular flexibility index (Phi) is 9.51. The average Bonchev–Trinajstić information content (AvgIpc) is 2.77. The molecule has 0 aromatic heterocycles. The highest BCUT2D eigenvalue weighted by molar-refractivity contribution is 6.40. The van der Waals surface area contributed by atoms with Crippen molar-refractivity contribution >= 4 is 23.4 Å². The Bertz CT molecular complexity index is 898. The van der Waals surface area contributed by atoms with Gasteiger partial charge < -0.3 is 25.4 Å². The van der Waals surface area contributed by atoms with Gasteiger partial charge in [0.1, 0.15) is 5.75 Å². The maximum absolute atomic E-state index is 12.6. The van der Waals surface area contributed by atoms with E-state index in [0.29, 0.717) is 25.3 Å². The first-order chi connectivity index (χ1) is 14.9. The highest BCUT2D eigenvalue weighted by Gasteiger charge is 2.17. The minimum atomic E-state index is -0.835. The Morgan fingerprint density at radius 2 is 1.74 bits per heavy atom. The normalized spacial score (nSPS) is 10.5. The van der Waals surface area contributed by atoms with Gasteiger partial charge in [0, 0.05) is 19.7 Å². The summed E-state index contributed by atoms with van der Waals surface area (Å²) >= 11 is 0. The van der Waals surface area contributed by atoms with Gasteiger partial charge in [-0.3, -0.25) is 14.4 Å². The molecular formula is C23H29N3O5. The SMILES string of the molecule is COc1cccc(CNC(=O)c2ccccc2NC(=O)C(=O)NCCCOC(C)C)c1. The van der Waals surface area contributed by atoms with Crippen molar-refractivity contribution in [1.82, 2.24) is 10.6 Å². The van der Waals surface area contributed by atoms with Crippen molar-refractivity contribution in [3.8, 4) is 5.75 Å². The van der Waals surface area contributed by atoms with E-state index < -0.39 is 11.8 Å². The first-order valence-electron chi connectivity index (χ1n) is 10.1. The summed E-state index contributed by atoms with van der Waals surface area (Å²) in [5, 5.41) is 7.85. The maximum atomic E-state index is 12.6. The molecule has 2 aromatic rings. The van der Waals surface area contributed by atoms with Crippen LogP contribution in [-0.4, -0.2) is 44.1 Å². The standard InChI is InChI=1S/C23H29N3O5/c1-16(2)31-13-7-12-24-22(28)23(29)26-20-11-5-4-10-19(20)21(27)25-15-17-8-6-9-18(14-17)30-3/h4-6,8-11,14,16H,7,12-13,15H2,1-3H3,(H,24,28)(H,25,27)(H,26,29). The molecule has 0 bridgehead atoms. The van der Waals surface area contributed by atoms with Crippen LogP contribution in [0.1, 0.15) is 36.2 Å². The van der Waals surface area contributed by atoms with Crippen LogP contribution in [0.4, 0.5) is 5.69 Å². The summed E-state index contributed by atoms with van der Waals surface area (Å²) < 4.78 is 10.6. The van der Waals surface area contributed by atoms with Gasteiger partial charge in [0.05, 0.1) is 24.5 Å². The van der Waals surface area contributed by atoms with E-state index in [4.69, 9.17) is 9.47 Å². The van der Waals surface area contributed by atoms with Crippen LogP contribution in [0.5, 0.6) is 5.75 Å². The van der Waals surface area contributed by atoms with E-state index in [1.54, 1.807) is 31.4 Å². The lowest BCUT2D eigenvalue weighted by molar-refractivity contribution is -0.136. The minimum absolute atomic E-state index is 0.116. The summed E-state index contributed by atoms with van der Waals surface area (Å²) in [6.45, 7) is 4.96. The van der Waals surface area contributed by atoms with E-state index >= 15 is 0 Å². The van der Waals surface area contributed by atoms with Gasteiger partial charge in [-0.2, -0.15) is 0 Å². The van der Waals surface area contributed by atoms with Crippen LogP contribution in [0, 0.1) is 0 Å². The van der Waals surface area contributed by atoms with Crippen molar-refractivity contribution in [2.75, 3.05) is 25.6 Å². The quantitative estimate of drug-likeness (QED) is 0.399. The Morgan fingerprint density at radius 1 is 0.968 bits per heavy atom. The zero-order valence-corrected chi connectivity index (χ0v) is 18.1. The average molecular weight is 428 g/mol. The molecule has 8 heteroatoms. The van der Waals surface area contributed by atoms with Crippen molar-refractivity contribution in [2.24, 2.45) is 0 Å². The van der Waals surface area contributed by atoms with E-state index in [-0.39, 0.29) is 29.8 Å². The van der Waals surface area contributed by atoms with Crippen LogP contribution >= 0.6 is 0 Å². The van der Waals surface area contributed by atoms with Gasteiger partial charge in [0.25, 0.3) is 5.91 Å². The molecular weight excluding hydrogens is 398 g/mol. The summed E-state index contributed by atoms with van der Waals surface area (Å²) in [5.74, 6) is -1.28. The molecule has 2 aromatic carbocycles. The number of carbonyl (C=O) groups is 3. The fraction of sp³-hybridized carbons (Fsp3) is 0.348. The molecule has 31 heavy (non-hydrogen) atoms. The molecule has 2 rings (SSSR count). The van der Waals surface area contributed by atoms with Gasteiger partial charge in [0.2, 0.25) is 0 Å². The van der Waals surface area contributed by atoms with E-state index in [2.05, 4.69) is 16.0 Å². The van der Waals surface area contributed by atoms with Gasteiger partial charge in [-0.25, -0.2) is 0 Å². The van der Waals surface area contributed by atoms with E-state index in [1.807, 2.05) is 38.1 Å². The molecule has 0 heterocycles. The zero-order chi connectivity index (χ0) is 22.6. The number of rotatable bonds is 10. The monoisotopic (exact) mass is 427 g/mol. The molecule has 166 valence electrons. The van der Waals surface area contributed by atoms with Crippen molar-refractivity contribution < 1.29 is 23.9 Å². The Morgan fingerprint density at radius 3 is 2.48 bits per heavy atom. The van der Waals surface area contributed by atoms with Gasteiger partial charge >= 0.3 is 11.8 Å². The molecule has 0 radical (unpaired) electrons. The fourth-order valence-corrected chi connectivity index (χ4v) is 2.70. The molecule has 0 fully saturated rings. The molecule has 0 aliphatic heterocycles. The molecule has 0 aliphatic rings. The number of para-hydroxylation sites is 1. The molecule has 0 spiro atoms. The van der Waals surface area contributed by atoms with Crippen LogP contribution < -0.4 is 20.7 Å². The van der Waals surface area contributed by atoms with Crippen molar-refractivity contribution in [2.45, 2.75) is 32.9 Å². The molecule has 0 saturated heterocycles. The molecule has 3 N–H and O–H groups in total. The zero-order valence-electron chi connectivity index (χ0n) is 18.1. The fourth-order valence-electron chi connectivity index (χ4n) is 2.70. The number of nitrogens with one attached hydrogen (secondary N) is 3. The number of carbonyl (C=O) groups excluding carboxylic acids is 3. The first kappa shape index (κ1) is 23.9. The van der Waals surface area contributed by atoms with Crippen LogP contribution in [0.15, 0.2) is 48.5 Å². The summed E-state index contributed by atoms with van der Waals surface area (Å²) in [5.41, 5.74) is 1.39. The number of methoxy groups -OCH3 is 1. The van der Waals surface area contributed by atoms with E-state index in [9.17, 15) is 14.4 Å². The van der Waals surface area contributed by atoms with Crippen LogP contribution in [0.2, 0.25) is 0 Å². The van der Waals surface area contributed by atoms with Gasteiger partial charge in [-0.1, -0.05) is 24.3 Å². The second kappa shape index (κ2) is 12.3. The van der Waals surface area contributed by atoms with E-state index in [1.165, 1.54) is 0 Å². The number of hydrogen-bond donors (Lipinski definition) is 3. The molecule has 0 aliphatic carbocycles. The summed E-state index contributed by atoms with van der Waals surface area (Å²) in [6, 6.07) is 13.9. The molecule has 0 unspecified atom stereocenters. The third kappa shape index (κ3) is 8.10. The smallest absolute Gasteiger partial charge is 0.313 e. The van der Waals surface area contributed by atoms with Crippen LogP contribution in [0.3, 0.4) is 0 Å². The largest absolute Gasteiger partial charge is 0.497 e. The number of ether oxygens (including phenoxy) is 2. The molecule has 3 amide bonds. The van der Waals surface area contributed by atoms with Gasteiger partial charge in [-0.15, -0.1) is 0 Å². The summed E-state index contributed by atoms with van der Waals surface area (Å²) in [6.07, 6.45) is 0.714. The lowest BCUT2D eigenvalue weighted by atomic mass is 10.1. The highest BCUT2D eigenvalue weighted by Crippen LogP contribution is 2.16. The first-order valence-corrected chi connectivity index (χ1v) is 10.1. The van der Waals surface area contributed by atoms with E-state index in [0.717, 1.165) is 5.56 Å². The number of anilines is 1. The third-order valence-corrected chi connectivity index (χ3v) is 4.27. The summed E-state index contributed by atoms with van der Waals surface area (Å²) in [7, 11) is 1.58. The number of benzene rings is 2. The Balaban J connectivity index is 1.90. The number of amides is 3. The van der Waals surface area contributed by atoms with Gasteiger partial charge in [-0.05, 0) is 50.1 Å². The lowest BCUT2D eigenvalue weighted by Crippen LogP contribution is -2.36. The number of hydrogen-bond acceptors (Lipinski definition) is 5. The predicted octanol–water partition coefficient (Wildman–Crippen LogP) is 2.50. The minimum Gasteiger partial charge on any atom is -0.497 e. The Labute approximate surface area is 182 Å². The maximum Gasteiger partial charge on any atom is 0.313 e. The topological polar surface area (TPSA) is 106 Å². The van der Waals surface area contributed by atoms with Crippen molar-refractivity contribution in [3.05, 3.63) is 59.7 Å². The van der Waals surface area contributed by atoms with Crippen LogP contribution in [0.25, 0.3) is 0 Å². The van der Waals surface area contributed by atoms with Crippen molar-refractivity contribution in [3.63, 3.8) is 0 Å². The molecule has 0 atom stereocenters. The van der Waals surface area contributed by atoms with Crippen LogP contribution in [-0.2, 0) is 20.9 Å². The Hall–Kier alpha value is -3.39. The highest BCUT2D eigenvalue weighted by atomic mass is 16.5.